The maximum atomic E-state index is 12.5. The van der Waals surface area contributed by atoms with Crippen LogP contribution in [0.4, 0.5) is 0 Å². The Morgan fingerprint density at radius 3 is 2.52 bits per heavy atom. The summed E-state index contributed by atoms with van der Waals surface area (Å²) in [6.07, 6.45) is 5.70. The fourth-order valence-corrected chi connectivity index (χ4v) is 4.27. The lowest BCUT2D eigenvalue weighted by molar-refractivity contribution is 0.248. The summed E-state index contributed by atoms with van der Waals surface area (Å²) in [6.45, 7) is 2.24. The number of nitrogens with zero attached hydrogens (tertiary/aromatic N) is 2. The van der Waals surface area contributed by atoms with E-state index in [0.29, 0.717) is 17.5 Å². The first kappa shape index (κ1) is 15.0. The van der Waals surface area contributed by atoms with E-state index in [9.17, 15) is 8.42 Å². The van der Waals surface area contributed by atoms with Gasteiger partial charge < -0.3 is 15.2 Å². The van der Waals surface area contributed by atoms with Gasteiger partial charge in [-0.25, -0.2) is 13.1 Å². The first-order chi connectivity index (χ1) is 9.99. The topological polar surface area (TPSA) is 80.4 Å². The molecule has 1 aromatic rings. The van der Waals surface area contributed by atoms with E-state index in [4.69, 9.17) is 5.73 Å². The smallest absolute Gasteiger partial charge is 0.242 e. The minimum absolute atomic E-state index is 0.0387. The molecule has 0 radical (unpaired) electrons. The fourth-order valence-electron chi connectivity index (χ4n) is 2.91. The van der Waals surface area contributed by atoms with E-state index in [2.05, 4.69) is 16.7 Å². The SMILES string of the molecule is CN1CCC(NS(=O)(=O)c2cc(CN)n(C3CC3)c2)CC1. The molecule has 1 aromatic heterocycles. The predicted octanol–water partition coefficient (Wildman–Crippen LogP) is 0.654. The predicted molar refractivity (Wildman–Crippen MR) is 81.4 cm³/mol. The van der Waals surface area contributed by atoms with Gasteiger partial charge in [-0.05, 0) is 51.9 Å². The van der Waals surface area contributed by atoms with Crippen molar-refractivity contribution in [3.63, 3.8) is 0 Å². The number of nitrogens with one attached hydrogen (secondary N) is 1. The highest BCUT2D eigenvalue weighted by Crippen LogP contribution is 2.37. The van der Waals surface area contributed by atoms with E-state index < -0.39 is 10.0 Å². The monoisotopic (exact) mass is 312 g/mol. The first-order valence-corrected chi connectivity index (χ1v) is 9.09. The summed E-state index contributed by atoms with van der Waals surface area (Å²) in [5, 5.41) is 0. The van der Waals surface area contributed by atoms with Gasteiger partial charge in [0.2, 0.25) is 10.0 Å². The molecule has 2 heterocycles. The van der Waals surface area contributed by atoms with Crippen LogP contribution in [0.25, 0.3) is 0 Å². The Hall–Kier alpha value is -0.890. The van der Waals surface area contributed by atoms with Gasteiger partial charge in [0, 0.05) is 30.5 Å². The zero-order valence-electron chi connectivity index (χ0n) is 12.5. The van der Waals surface area contributed by atoms with Crippen molar-refractivity contribution >= 4 is 10.0 Å². The molecular weight excluding hydrogens is 288 g/mol. The Morgan fingerprint density at radius 2 is 1.95 bits per heavy atom. The second-order valence-electron chi connectivity index (χ2n) is 6.21. The van der Waals surface area contributed by atoms with Crippen molar-refractivity contribution in [2.45, 2.75) is 49.2 Å². The zero-order chi connectivity index (χ0) is 15.0. The lowest BCUT2D eigenvalue weighted by Crippen LogP contribution is -2.43. The van der Waals surface area contributed by atoms with Gasteiger partial charge in [0.25, 0.3) is 0 Å². The number of hydrogen-bond donors (Lipinski definition) is 2. The van der Waals surface area contributed by atoms with Crippen molar-refractivity contribution in [2.24, 2.45) is 5.73 Å². The third kappa shape index (κ3) is 3.31. The molecule has 0 unspecified atom stereocenters. The Balaban J connectivity index is 1.75. The largest absolute Gasteiger partial charge is 0.346 e. The first-order valence-electron chi connectivity index (χ1n) is 7.61. The number of nitrogens with two attached hydrogens (primary N) is 1. The summed E-state index contributed by atoms with van der Waals surface area (Å²) < 4.78 is 29.9. The molecule has 0 atom stereocenters. The van der Waals surface area contributed by atoms with Crippen LogP contribution in [0.3, 0.4) is 0 Å². The quantitative estimate of drug-likeness (QED) is 0.837. The summed E-state index contributed by atoms with van der Waals surface area (Å²) in [4.78, 5) is 2.58. The Morgan fingerprint density at radius 1 is 1.29 bits per heavy atom. The maximum absolute atomic E-state index is 12.5. The number of rotatable bonds is 5. The molecule has 1 saturated heterocycles. The third-order valence-corrected chi connectivity index (χ3v) is 5.89. The van der Waals surface area contributed by atoms with Gasteiger partial charge >= 0.3 is 0 Å². The van der Waals surface area contributed by atoms with Crippen LogP contribution in [0.15, 0.2) is 17.2 Å². The van der Waals surface area contributed by atoms with Gasteiger partial charge in [0.1, 0.15) is 0 Å². The van der Waals surface area contributed by atoms with Crippen molar-refractivity contribution in [1.29, 1.82) is 0 Å². The zero-order valence-corrected chi connectivity index (χ0v) is 13.3. The minimum Gasteiger partial charge on any atom is -0.346 e. The van der Waals surface area contributed by atoms with Gasteiger partial charge in [0.05, 0.1) is 4.90 Å². The minimum atomic E-state index is -3.44. The number of aromatic nitrogens is 1. The van der Waals surface area contributed by atoms with Crippen molar-refractivity contribution in [1.82, 2.24) is 14.2 Å². The van der Waals surface area contributed by atoms with Gasteiger partial charge in [-0.3, -0.25) is 0 Å². The van der Waals surface area contributed by atoms with Crippen LogP contribution in [-0.4, -0.2) is 44.1 Å². The molecule has 118 valence electrons. The van der Waals surface area contributed by atoms with Gasteiger partial charge in [-0.1, -0.05) is 0 Å². The van der Waals surface area contributed by atoms with Crippen LogP contribution >= 0.6 is 0 Å². The van der Waals surface area contributed by atoms with E-state index in [1.165, 1.54) is 0 Å². The standard InChI is InChI=1S/C14H24N4O2S/c1-17-6-4-11(5-7-17)16-21(19,20)14-8-13(9-15)18(10-14)12-2-3-12/h8,10-12,16H,2-7,9,15H2,1H3. The second-order valence-corrected chi connectivity index (χ2v) is 7.92. The lowest BCUT2D eigenvalue weighted by Gasteiger charge is -2.29. The molecule has 3 rings (SSSR count). The molecule has 0 aromatic carbocycles. The van der Waals surface area contributed by atoms with Crippen LogP contribution < -0.4 is 10.5 Å². The Labute approximate surface area is 126 Å². The average Bonchev–Trinajstić information content (AvgIpc) is 3.19. The van der Waals surface area contributed by atoms with Gasteiger partial charge in [-0.2, -0.15) is 0 Å². The summed E-state index contributed by atoms with van der Waals surface area (Å²) in [5.41, 5.74) is 6.63. The molecular formula is C14H24N4O2S. The molecule has 0 spiro atoms. The van der Waals surface area contributed by atoms with Crippen LogP contribution in [-0.2, 0) is 16.6 Å². The molecule has 7 heteroatoms. The molecule has 2 fully saturated rings. The van der Waals surface area contributed by atoms with Gasteiger partial charge in [-0.15, -0.1) is 0 Å². The molecule has 1 aliphatic carbocycles. The summed E-state index contributed by atoms with van der Waals surface area (Å²) >= 11 is 0. The highest BCUT2D eigenvalue weighted by molar-refractivity contribution is 7.89. The van der Waals surface area contributed by atoms with Crippen molar-refractivity contribution in [3.05, 3.63) is 18.0 Å². The Kier molecular flexibility index (Phi) is 4.09. The van der Waals surface area contributed by atoms with Crippen LogP contribution in [0, 0.1) is 0 Å². The normalized spacial score (nSPS) is 21.8. The Bertz CT molecular complexity index is 598. The number of piperidine rings is 1. The van der Waals surface area contributed by atoms with Crippen LogP contribution in [0.5, 0.6) is 0 Å². The molecule has 6 nitrogen and oxygen atoms in total. The second kappa shape index (κ2) is 5.72. The fraction of sp³-hybridized carbons (Fsp3) is 0.714. The summed E-state index contributed by atoms with van der Waals surface area (Å²) in [5.74, 6) is 0. The van der Waals surface area contributed by atoms with Crippen molar-refractivity contribution in [2.75, 3.05) is 20.1 Å². The van der Waals surface area contributed by atoms with E-state index in [1.54, 1.807) is 12.3 Å². The van der Waals surface area contributed by atoms with E-state index in [-0.39, 0.29) is 6.04 Å². The van der Waals surface area contributed by atoms with Crippen LogP contribution in [0.1, 0.15) is 37.4 Å². The molecule has 21 heavy (non-hydrogen) atoms. The van der Waals surface area contributed by atoms with Crippen molar-refractivity contribution in [3.8, 4) is 0 Å². The third-order valence-electron chi connectivity index (χ3n) is 4.41. The van der Waals surface area contributed by atoms with E-state index in [1.807, 2.05) is 4.57 Å². The molecule has 1 aliphatic heterocycles. The van der Waals surface area contributed by atoms with E-state index >= 15 is 0 Å². The average molecular weight is 312 g/mol. The molecule has 0 bridgehead atoms. The van der Waals surface area contributed by atoms with E-state index in [0.717, 1.165) is 44.5 Å². The van der Waals surface area contributed by atoms with Crippen molar-refractivity contribution < 1.29 is 8.42 Å². The summed E-state index contributed by atoms with van der Waals surface area (Å²) in [7, 11) is -1.38. The molecule has 3 N–H and O–H groups in total. The van der Waals surface area contributed by atoms with Gasteiger partial charge in [0.15, 0.2) is 0 Å². The summed E-state index contributed by atoms with van der Waals surface area (Å²) in [6, 6.07) is 2.20. The number of sulfonamides is 1. The highest BCUT2D eigenvalue weighted by atomic mass is 32.2. The number of hydrogen-bond acceptors (Lipinski definition) is 4. The van der Waals surface area contributed by atoms with Crippen LogP contribution in [0.2, 0.25) is 0 Å². The molecule has 0 amide bonds. The number of likely N-dealkylation sites (tertiary alicyclic amines) is 1. The highest BCUT2D eigenvalue weighted by Gasteiger charge is 2.29. The maximum Gasteiger partial charge on any atom is 0.242 e. The lowest BCUT2D eigenvalue weighted by atomic mass is 10.1. The molecule has 1 saturated carbocycles. The molecule has 2 aliphatic rings.